The molecular formula is C8H20N2O3S. The van der Waals surface area contributed by atoms with Crippen molar-refractivity contribution in [2.45, 2.75) is 13.8 Å². The van der Waals surface area contributed by atoms with E-state index in [4.69, 9.17) is 0 Å². The Balaban J connectivity index is 0.000000255. The van der Waals surface area contributed by atoms with Crippen molar-refractivity contribution in [3.05, 3.63) is 0 Å². The van der Waals surface area contributed by atoms with E-state index in [1.54, 1.807) is 11.8 Å². The predicted octanol–water partition coefficient (Wildman–Crippen LogP) is -1.39. The van der Waals surface area contributed by atoms with Crippen LogP contribution in [-0.4, -0.2) is 53.6 Å². The highest BCUT2D eigenvalue weighted by molar-refractivity contribution is 7.74. The summed E-state index contributed by atoms with van der Waals surface area (Å²) in [7, 11) is 2.18. The second kappa shape index (κ2) is 8.31. The summed E-state index contributed by atoms with van der Waals surface area (Å²) in [6.45, 7) is 9.22. The Bertz CT molecular complexity index is 169. The van der Waals surface area contributed by atoms with Crippen LogP contribution in [0.5, 0.6) is 0 Å². The monoisotopic (exact) mass is 224 g/mol. The van der Waals surface area contributed by atoms with Crippen molar-refractivity contribution >= 4 is 11.4 Å². The fourth-order valence-corrected chi connectivity index (χ4v) is 1.47. The summed E-state index contributed by atoms with van der Waals surface area (Å²) in [5, 5.41) is 0. The van der Waals surface area contributed by atoms with Crippen LogP contribution in [0.3, 0.4) is 0 Å². The van der Waals surface area contributed by atoms with Crippen molar-refractivity contribution in [1.82, 2.24) is 4.90 Å². The smallest absolute Gasteiger partial charge is 0.133 e. The van der Waals surface area contributed by atoms with E-state index in [2.05, 4.69) is 23.1 Å². The van der Waals surface area contributed by atoms with Crippen molar-refractivity contribution in [3.8, 4) is 0 Å². The van der Waals surface area contributed by atoms with Gasteiger partial charge in [-0.25, -0.2) is 4.21 Å². The molecule has 1 rings (SSSR count). The summed E-state index contributed by atoms with van der Waals surface area (Å²) in [5.41, 5.74) is 0. The van der Waals surface area contributed by atoms with E-state index in [-0.39, 0.29) is 6.61 Å². The van der Waals surface area contributed by atoms with Gasteiger partial charge >= 0.3 is 0 Å². The van der Waals surface area contributed by atoms with Crippen LogP contribution in [0.25, 0.3) is 0 Å². The van der Waals surface area contributed by atoms with Crippen LogP contribution in [0.15, 0.2) is 0 Å². The molecule has 0 aromatic rings. The number of quaternary nitrogens is 1. The molecule has 86 valence electrons. The summed E-state index contributed by atoms with van der Waals surface area (Å²) in [6.07, 6.45) is 0. The maximum Gasteiger partial charge on any atom is 0.133 e. The molecule has 0 aromatic carbocycles. The molecule has 1 aliphatic heterocycles. The van der Waals surface area contributed by atoms with Gasteiger partial charge in [0.25, 0.3) is 0 Å². The lowest BCUT2D eigenvalue weighted by Gasteiger charge is -2.07. The Morgan fingerprint density at radius 3 is 2.36 bits per heavy atom. The molecule has 0 saturated carbocycles. The van der Waals surface area contributed by atoms with Gasteiger partial charge in [-0.15, -0.1) is 0 Å². The number of rotatable bonds is 3. The summed E-state index contributed by atoms with van der Waals surface area (Å²) in [5.74, 6) is 0. The van der Waals surface area contributed by atoms with Crippen LogP contribution in [0.1, 0.15) is 13.8 Å². The average Bonchev–Trinajstić information content (AvgIpc) is 2.52. The first-order valence-corrected chi connectivity index (χ1v) is 5.84. The molecule has 0 radical (unpaired) electrons. The second-order valence-corrected chi connectivity index (χ2v) is 3.85. The molecule has 5 nitrogen and oxygen atoms in total. The number of nitrogens with one attached hydrogen (secondary N) is 1. The third kappa shape index (κ3) is 7.40. The van der Waals surface area contributed by atoms with Crippen LogP contribution in [0.2, 0.25) is 0 Å². The van der Waals surface area contributed by atoms with Crippen molar-refractivity contribution in [1.29, 1.82) is 0 Å². The minimum Gasteiger partial charge on any atom is -0.750 e. The van der Waals surface area contributed by atoms with E-state index >= 15 is 0 Å². The van der Waals surface area contributed by atoms with Crippen LogP contribution in [0, 0.1) is 0 Å². The molecule has 1 N–H and O–H groups in total. The van der Waals surface area contributed by atoms with E-state index in [0.717, 1.165) is 0 Å². The van der Waals surface area contributed by atoms with Crippen LogP contribution in [0.4, 0.5) is 0 Å². The first-order valence-electron chi connectivity index (χ1n) is 4.84. The molecule has 0 bridgehead atoms. The zero-order chi connectivity index (χ0) is 11.0. The van der Waals surface area contributed by atoms with Gasteiger partial charge in [0.15, 0.2) is 0 Å². The van der Waals surface area contributed by atoms with Gasteiger partial charge < -0.3 is 13.6 Å². The van der Waals surface area contributed by atoms with Crippen molar-refractivity contribution in [3.63, 3.8) is 0 Å². The summed E-state index contributed by atoms with van der Waals surface area (Å²) in [6, 6.07) is 0. The Morgan fingerprint density at radius 2 is 2.21 bits per heavy atom. The second-order valence-electron chi connectivity index (χ2n) is 3.20. The summed E-state index contributed by atoms with van der Waals surface area (Å²) < 4.78 is 22.7. The van der Waals surface area contributed by atoms with E-state index in [9.17, 15) is 8.76 Å². The molecule has 2 atom stereocenters. The van der Waals surface area contributed by atoms with Gasteiger partial charge in [-0.1, -0.05) is 0 Å². The van der Waals surface area contributed by atoms with Crippen LogP contribution in [-0.2, 0) is 15.5 Å². The Morgan fingerprint density at radius 1 is 1.57 bits per heavy atom. The van der Waals surface area contributed by atoms with E-state index in [1.165, 1.54) is 26.3 Å². The minimum absolute atomic E-state index is 0.218. The maximum absolute atomic E-state index is 9.38. The molecular weight excluding hydrogens is 204 g/mol. The van der Waals surface area contributed by atoms with Crippen molar-refractivity contribution in [2.75, 3.05) is 40.0 Å². The van der Waals surface area contributed by atoms with Gasteiger partial charge in [0.05, 0.1) is 37.6 Å². The van der Waals surface area contributed by atoms with E-state index in [0.29, 0.717) is 0 Å². The topological polar surface area (TPSA) is 57.0 Å². The standard InChI is InChI=1S/C6H14N2.C2H6O3S/c1-3-8-5-4-7(2)6-8;1-2-5-6(3)4/h3-6H2,1-2H3;2H2,1H3,(H,3,4). The highest BCUT2D eigenvalue weighted by Crippen LogP contribution is 1.78. The lowest BCUT2D eigenvalue weighted by atomic mass is 10.6. The van der Waals surface area contributed by atoms with E-state index in [1.807, 2.05) is 0 Å². The zero-order valence-corrected chi connectivity index (χ0v) is 9.93. The predicted molar refractivity (Wildman–Crippen MR) is 54.4 cm³/mol. The van der Waals surface area contributed by atoms with Gasteiger partial charge in [-0.05, 0) is 20.9 Å². The molecule has 1 aliphatic rings. The first-order chi connectivity index (χ1) is 6.60. The van der Waals surface area contributed by atoms with Crippen LogP contribution < -0.4 is 4.90 Å². The van der Waals surface area contributed by atoms with Gasteiger partial charge in [0, 0.05) is 0 Å². The van der Waals surface area contributed by atoms with Crippen molar-refractivity contribution in [2.24, 2.45) is 0 Å². The molecule has 14 heavy (non-hydrogen) atoms. The molecule has 6 heteroatoms. The van der Waals surface area contributed by atoms with Gasteiger partial charge in [-0.2, -0.15) is 0 Å². The zero-order valence-electron chi connectivity index (χ0n) is 9.12. The summed E-state index contributed by atoms with van der Waals surface area (Å²) >= 11 is -2.32. The SMILES string of the molecule is CCOS(=O)[O-].CC[NH+]1CCN(C)C1. The van der Waals surface area contributed by atoms with Gasteiger partial charge in [0.1, 0.15) is 6.67 Å². The highest BCUT2D eigenvalue weighted by atomic mass is 32.2. The minimum atomic E-state index is -2.32. The lowest BCUT2D eigenvalue weighted by molar-refractivity contribution is -0.889. The number of hydrogen-bond acceptors (Lipinski definition) is 4. The molecule has 0 aromatic heterocycles. The Kier molecular flexibility index (Phi) is 8.30. The molecule has 0 aliphatic carbocycles. The number of hydrogen-bond donors (Lipinski definition) is 1. The average molecular weight is 224 g/mol. The van der Waals surface area contributed by atoms with Gasteiger partial charge in [-0.3, -0.25) is 4.90 Å². The molecule has 2 unspecified atom stereocenters. The fourth-order valence-electron chi connectivity index (χ4n) is 1.27. The quantitative estimate of drug-likeness (QED) is 0.600. The molecule has 1 heterocycles. The first kappa shape index (κ1) is 14.0. The maximum atomic E-state index is 9.38. The lowest BCUT2D eigenvalue weighted by Crippen LogP contribution is -3.10. The van der Waals surface area contributed by atoms with Crippen molar-refractivity contribution < 1.29 is 17.8 Å². The van der Waals surface area contributed by atoms with E-state index < -0.39 is 11.4 Å². The molecule has 1 fully saturated rings. The fraction of sp³-hybridized carbons (Fsp3) is 1.00. The molecule has 1 saturated heterocycles. The third-order valence-electron chi connectivity index (χ3n) is 2.05. The Labute approximate surface area is 88.5 Å². The number of likely N-dealkylation sites (N-methyl/N-ethyl adjacent to an activating group) is 2. The largest absolute Gasteiger partial charge is 0.750 e. The Hall–Kier alpha value is -0.0100. The highest BCUT2D eigenvalue weighted by Gasteiger charge is 2.16. The third-order valence-corrected chi connectivity index (χ3v) is 2.48. The normalized spacial score (nSPS) is 24.1. The summed E-state index contributed by atoms with van der Waals surface area (Å²) in [4.78, 5) is 4.09. The van der Waals surface area contributed by atoms with Gasteiger partial charge in [0.2, 0.25) is 0 Å². The van der Waals surface area contributed by atoms with Crippen LogP contribution >= 0.6 is 0 Å². The number of nitrogens with zero attached hydrogens (tertiary/aromatic N) is 1. The molecule has 0 amide bonds. The molecule has 0 spiro atoms.